The minimum atomic E-state index is -0.810. The Bertz CT molecular complexity index is 1420. The van der Waals surface area contributed by atoms with Gasteiger partial charge in [0, 0.05) is 19.3 Å². The van der Waals surface area contributed by atoms with Gasteiger partial charge < -0.3 is 14.2 Å². The zero-order valence-electron chi connectivity index (χ0n) is 48.8. The molecule has 1 atom stereocenters. The van der Waals surface area contributed by atoms with Crippen molar-refractivity contribution in [1.29, 1.82) is 0 Å². The molecular formula is C68H118O6. The molecule has 0 amide bonds. The molecule has 0 saturated carbocycles. The third kappa shape index (κ3) is 59.5. The van der Waals surface area contributed by atoms with Gasteiger partial charge in [0.25, 0.3) is 0 Å². The SMILES string of the molecule is CC/C=C\C/C=C\C/C=C\C/C=C\CCC(=O)OCC(COC(=O)CCCCCCCCCCCCCCCCCCCCCCCCCCCC)OC(=O)CCCCCCCCC/C=C\C/C=C\C/C=C\CC. The Morgan fingerprint density at radius 1 is 0.284 bits per heavy atom. The van der Waals surface area contributed by atoms with Crippen LogP contribution in [0.25, 0.3) is 0 Å². The molecule has 0 aliphatic rings. The summed E-state index contributed by atoms with van der Waals surface area (Å²) in [7, 11) is 0. The van der Waals surface area contributed by atoms with E-state index < -0.39 is 6.10 Å². The molecule has 0 aromatic carbocycles. The molecule has 0 spiro atoms. The Morgan fingerprint density at radius 3 is 0.905 bits per heavy atom. The topological polar surface area (TPSA) is 78.9 Å². The largest absolute Gasteiger partial charge is 0.462 e. The van der Waals surface area contributed by atoms with Crippen LogP contribution in [0.5, 0.6) is 0 Å². The van der Waals surface area contributed by atoms with Crippen molar-refractivity contribution in [2.24, 2.45) is 0 Å². The standard InChI is InChI=1S/C68H118O6/c1-4-7-10-13-16-19-22-25-27-29-30-31-32-33-34-35-36-37-39-40-43-46-49-52-55-58-61-67(70)73-64-65(63-72-66(69)60-57-54-51-48-45-42-24-21-18-15-12-9-6-3)74-68(71)62-59-56-53-50-47-44-41-38-28-26-23-20-17-14-11-8-5-2/h8-9,11-12,17-18,20-21,26,28,42,45,51,54,65H,4-7,10,13-16,19,22-25,27,29-41,43-44,46-50,52-53,55-64H2,1-3H3/b11-8-,12-9-,20-17-,21-18-,28-26-,45-42-,54-51-. The summed E-state index contributed by atoms with van der Waals surface area (Å²) in [5, 5.41) is 0. The average Bonchev–Trinajstić information content (AvgIpc) is 3.40. The van der Waals surface area contributed by atoms with Crippen LogP contribution in [-0.2, 0) is 28.6 Å². The number of carbonyl (C=O) groups is 3. The van der Waals surface area contributed by atoms with E-state index in [-0.39, 0.29) is 37.5 Å². The van der Waals surface area contributed by atoms with Crippen LogP contribution in [0, 0.1) is 0 Å². The highest BCUT2D eigenvalue weighted by Crippen LogP contribution is 2.17. The molecule has 426 valence electrons. The first-order valence-electron chi connectivity index (χ1n) is 31.6. The highest BCUT2D eigenvalue weighted by atomic mass is 16.6. The van der Waals surface area contributed by atoms with Crippen molar-refractivity contribution >= 4 is 17.9 Å². The summed E-state index contributed by atoms with van der Waals surface area (Å²) < 4.78 is 16.8. The minimum Gasteiger partial charge on any atom is -0.462 e. The number of ether oxygens (including phenoxy) is 3. The predicted octanol–water partition coefficient (Wildman–Crippen LogP) is 21.5. The number of hydrogen-bond donors (Lipinski definition) is 0. The summed E-state index contributed by atoms with van der Waals surface area (Å²) in [5.41, 5.74) is 0. The van der Waals surface area contributed by atoms with Crippen molar-refractivity contribution in [1.82, 2.24) is 0 Å². The van der Waals surface area contributed by atoms with Crippen molar-refractivity contribution in [3.8, 4) is 0 Å². The molecule has 0 N–H and O–H groups in total. The number of carbonyl (C=O) groups excluding carboxylic acids is 3. The fourth-order valence-corrected chi connectivity index (χ4v) is 9.00. The molecule has 0 aromatic heterocycles. The molecule has 6 nitrogen and oxygen atoms in total. The number of hydrogen-bond acceptors (Lipinski definition) is 6. The molecule has 0 aliphatic heterocycles. The predicted molar refractivity (Wildman–Crippen MR) is 321 cm³/mol. The van der Waals surface area contributed by atoms with E-state index in [1.165, 1.54) is 173 Å². The van der Waals surface area contributed by atoms with E-state index in [1.54, 1.807) is 0 Å². The van der Waals surface area contributed by atoms with Gasteiger partial charge in [-0.3, -0.25) is 14.4 Å². The number of rotatable bonds is 57. The lowest BCUT2D eigenvalue weighted by Gasteiger charge is -2.18. The van der Waals surface area contributed by atoms with E-state index in [4.69, 9.17) is 14.2 Å². The quantitative estimate of drug-likeness (QED) is 0.0261. The highest BCUT2D eigenvalue weighted by Gasteiger charge is 2.19. The second-order valence-electron chi connectivity index (χ2n) is 20.9. The molecule has 0 aromatic rings. The second-order valence-corrected chi connectivity index (χ2v) is 20.9. The highest BCUT2D eigenvalue weighted by molar-refractivity contribution is 5.71. The van der Waals surface area contributed by atoms with Crippen molar-refractivity contribution in [2.75, 3.05) is 13.2 Å². The van der Waals surface area contributed by atoms with E-state index in [2.05, 4.69) is 99.8 Å². The van der Waals surface area contributed by atoms with Gasteiger partial charge in [-0.1, -0.05) is 298 Å². The maximum absolute atomic E-state index is 12.9. The first kappa shape index (κ1) is 70.6. The van der Waals surface area contributed by atoms with Gasteiger partial charge in [0.1, 0.15) is 13.2 Å². The van der Waals surface area contributed by atoms with Crippen LogP contribution in [0.4, 0.5) is 0 Å². The van der Waals surface area contributed by atoms with E-state index in [9.17, 15) is 14.4 Å². The maximum Gasteiger partial charge on any atom is 0.306 e. The summed E-state index contributed by atoms with van der Waals surface area (Å²) in [6.45, 7) is 6.38. The molecule has 6 heteroatoms. The fourth-order valence-electron chi connectivity index (χ4n) is 9.00. The molecular weight excluding hydrogens is 913 g/mol. The summed E-state index contributed by atoms with van der Waals surface area (Å²) in [4.78, 5) is 38.2. The van der Waals surface area contributed by atoms with Crippen LogP contribution in [0.1, 0.15) is 310 Å². The number of unbranched alkanes of at least 4 members (excludes halogenated alkanes) is 32. The van der Waals surface area contributed by atoms with E-state index in [1.807, 2.05) is 6.08 Å². The van der Waals surface area contributed by atoms with Gasteiger partial charge in [-0.25, -0.2) is 0 Å². The Kier molecular flexibility index (Phi) is 59.3. The van der Waals surface area contributed by atoms with Gasteiger partial charge in [0.05, 0.1) is 0 Å². The number of esters is 3. The monoisotopic (exact) mass is 1030 g/mol. The van der Waals surface area contributed by atoms with Crippen molar-refractivity contribution in [3.05, 3.63) is 85.1 Å². The Morgan fingerprint density at radius 2 is 0.554 bits per heavy atom. The zero-order valence-corrected chi connectivity index (χ0v) is 48.8. The fraction of sp³-hybridized carbons (Fsp3) is 0.750. The average molecular weight is 1030 g/mol. The summed E-state index contributed by atoms with van der Waals surface area (Å²) in [5.74, 6) is -0.985. The molecule has 1 unspecified atom stereocenters. The van der Waals surface area contributed by atoms with Crippen molar-refractivity contribution in [2.45, 2.75) is 316 Å². The van der Waals surface area contributed by atoms with Crippen LogP contribution in [0.2, 0.25) is 0 Å². The summed E-state index contributed by atoms with van der Waals surface area (Å²) >= 11 is 0. The molecule has 0 radical (unpaired) electrons. The lowest BCUT2D eigenvalue weighted by molar-refractivity contribution is -0.166. The smallest absolute Gasteiger partial charge is 0.306 e. The molecule has 0 aliphatic carbocycles. The van der Waals surface area contributed by atoms with Crippen LogP contribution in [-0.4, -0.2) is 37.2 Å². The first-order chi connectivity index (χ1) is 36.5. The molecule has 0 heterocycles. The van der Waals surface area contributed by atoms with Gasteiger partial charge in [-0.2, -0.15) is 0 Å². The zero-order chi connectivity index (χ0) is 53.6. The summed E-state index contributed by atoms with van der Waals surface area (Å²) in [6, 6.07) is 0. The molecule has 74 heavy (non-hydrogen) atoms. The van der Waals surface area contributed by atoms with Crippen LogP contribution in [0.3, 0.4) is 0 Å². The van der Waals surface area contributed by atoms with Crippen LogP contribution in [0.15, 0.2) is 85.1 Å². The first-order valence-corrected chi connectivity index (χ1v) is 31.6. The van der Waals surface area contributed by atoms with Crippen LogP contribution < -0.4 is 0 Å². The van der Waals surface area contributed by atoms with E-state index in [0.717, 1.165) is 89.9 Å². The van der Waals surface area contributed by atoms with Gasteiger partial charge in [0.2, 0.25) is 0 Å². The normalized spacial score (nSPS) is 12.6. The van der Waals surface area contributed by atoms with Crippen molar-refractivity contribution in [3.63, 3.8) is 0 Å². The van der Waals surface area contributed by atoms with Gasteiger partial charge in [0.15, 0.2) is 6.10 Å². The molecule has 0 bridgehead atoms. The van der Waals surface area contributed by atoms with Crippen LogP contribution >= 0.6 is 0 Å². The molecule has 0 saturated heterocycles. The third-order valence-electron chi connectivity index (χ3n) is 13.7. The lowest BCUT2D eigenvalue weighted by atomic mass is 10.0. The van der Waals surface area contributed by atoms with Crippen molar-refractivity contribution < 1.29 is 28.6 Å². The van der Waals surface area contributed by atoms with E-state index >= 15 is 0 Å². The molecule has 0 fully saturated rings. The van der Waals surface area contributed by atoms with Gasteiger partial charge in [-0.15, -0.1) is 0 Å². The third-order valence-corrected chi connectivity index (χ3v) is 13.7. The molecule has 0 rings (SSSR count). The lowest BCUT2D eigenvalue weighted by Crippen LogP contribution is -2.30. The van der Waals surface area contributed by atoms with Gasteiger partial charge in [-0.05, 0) is 77.0 Å². The Hall–Kier alpha value is -3.41. The van der Waals surface area contributed by atoms with E-state index in [0.29, 0.717) is 19.3 Å². The Labute approximate surface area is 458 Å². The second kappa shape index (κ2) is 62.1. The van der Waals surface area contributed by atoms with Gasteiger partial charge >= 0.3 is 17.9 Å². The summed E-state index contributed by atoms with van der Waals surface area (Å²) in [6.07, 6.45) is 81.9. The number of allylic oxidation sites excluding steroid dienone is 14. The maximum atomic E-state index is 12.9. The minimum absolute atomic E-state index is 0.100. The Balaban J connectivity index is 4.29.